The van der Waals surface area contributed by atoms with Crippen molar-refractivity contribution in [3.63, 3.8) is 0 Å². The summed E-state index contributed by atoms with van der Waals surface area (Å²) in [5.41, 5.74) is 0.325. The molecule has 0 radical (unpaired) electrons. The Bertz CT molecular complexity index is 330. The van der Waals surface area contributed by atoms with E-state index in [9.17, 15) is 9.50 Å². The van der Waals surface area contributed by atoms with Crippen molar-refractivity contribution in [2.75, 3.05) is 6.54 Å². The largest absolute Gasteiger partial charge is 0.387 e. The van der Waals surface area contributed by atoms with E-state index < -0.39 is 6.10 Å². The van der Waals surface area contributed by atoms with Gasteiger partial charge in [-0.15, -0.1) is 0 Å². The highest BCUT2D eigenvalue weighted by Crippen LogP contribution is 2.20. The summed E-state index contributed by atoms with van der Waals surface area (Å²) < 4.78 is 14.1. The molecule has 84 valence electrons. The van der Waals surface area contributed by atoms with E-state index in [2.05, 4.69) is 21.2 Å². The fourth-order valence-electron chi connectivity index (χ4n) is 1.23. The van der Waals surface area contributed by atoms with Crippen LogP contribution in [0.4, 0.5) is 4.39 Å². The minimum absolute atomic E-state index is 0.276. The Morgan fingerprint density at radius 3 is 2.67 bits per heavy atom. The van der Waals surface area contributed by atoms with Crippen LogP contribution in [0.5, 0.6) is 0 Å². The van der Waals surface area contributed by atoms with Gasteiger partial charge in [0.1, 0.15) is 5.82 Å². The van der Waals surface area contributed by atoms with E-state index in [1.165, 1.54) is 6.07 Å². The first kappa shape index (κ1) is 12.6. The van der Waals surface area contributed by atoms with Crippen molar-refractivity contribution in [3.8, 4) is 0 Å². The van der Waals surface area contributed by atoms with E-state index in [1.54, 1.807) is 12.1 Å². The number of hydrogen-bond acceptors (Lipinski definition) is 2. The zero-order valence-corrected chi connectivity index (χ0v) is 10.4. The van der Waals surface area contributed by atoms with Crippen molar-refractivity contribution in [2.45, 2.75) is 26.0 Å². The third kappa shape index (κ3) is 3.89. The second-order valence-electron chi connectivity index (χ2n) is 3.74. The van der Waals surface area contributed by atoms with Gasteiger partial charge in [0.2, 0.25) is 0 Å². The van der Waals surface area contributed by atoms with Crippen LogP contribution in [0, 0.1) is 5.82 Å². The van der Waals surface area contributed by atoms with Gasteiger partial charge in [0.05, 0.1) is 6.10 Å². The summed E-state index contributed by atoms with van der Waals surface area (Å²) in [6.07, 6.45) is -0.805. The number of nitrogens with one attached hydrogen (secondary N) is 1. The molecule has 0 heterocycles. The lowest BCUT2D eigenvalue weighted by molar-refractivity contribution is 0.167. The molecule has 4 heteroatoms. The molecule has 0 aliphatic carbocycles. The van der Waals surface area contributed by atoms with E-state index in [0.29, 0.717) is 16.6 Å². The molecule has 2 N–H and O–H groups in total. The van der Waals surface area contributed by atoms with E-state index in [1.807, 2.05) is 13.8 Å². The van der Waals surface area contributed by atoms with Crippen LogP contribution in [0.3, 0.4) is 0 Å². The molecule has 0 aliphatic heterocycles. The summed E-state index contributed by atoms with van der Waals surface area (Å²) in [6.45, 7) is 4.31. The molecule has 2 nitrogen and oxygen atoms in total. The van der Waals surface area contributed by atoms with Gasteiger partial charge in [-0.3, -0.25) is 0 Å². The van der Waals surface area contributed by atoms with E-state index in [0.717, 1.165) is 0 Å². The van der Waals surface area contributed by atoms with Gasteiger partial charge in [0.25, 0.3) is 0 Å². The lowest BCUT2D eigenvalue weighted by atomic mass is 10.1. The van der Waals surface area contributed by atoms with Crippen molar-refractivity contribution in [1.82, 2.24) is 5.32 Å². The molecule has 0 saturated carbocycles. The van der Waals surface area contributed by atoms with Crippen molar-refractivity contribution in [2.24, 2.45) is 0 Å². The smallest absolute Gasteiger partial charge is 0.130 e. The molecule has 0 aliphatic rings. The van der Waals surface area contributed by atoms with Crippen molar-refractivity contribution < 1.29 is 9.50 Å². The second kappa shape index (κ2) is 5.58. The van der Waals surface area contributed by atoms with Gasteiger partial charge in [-0.2, -0.15) is 0 Å². The van der Waals surface area contributed by atoms with Crippen LogP contribution >= 0.6 is 15.9 Å². The first-order valence-corrected chi connectivity index (χ1v) is 5.66. The Labute approximate surface area is 97.6 Å². The molecule has 0 spiro atoms. The third-order valence-electron chi connectivity index (χ3n) is 2.04. The summed E-state index contributed by atoms with van der Waals surface area (Å²) >= 11 is 3.17. The van der Waals surface area contributed by atoms with Crippen LogP contribution in [0.1, 0.15) is 25.5 Å². The van der Waals surface area contributed by atoms with Gasteiger partial charge in [0.15, 0.2) is 0 Å². The summed E-state index contributed by atoms with van der Waals surface area (Å²) in [5.74, 6) is -0.387. The maximum Gasteiger partial charge on any atom is 0.130 e. The highest BCUT2D eigenvalue weighted by molar-refractivity contribution is 9.10. The Hall–Kier alpha value is -0.450. The number of halogens is 2. The van der Waals surface area contributed by atoms with E-state index in [-0.39, 0.29) is 11.9 Å². The average Bonchev–Trinajstić information content (AvgIpc) is 2.14. The van der Waals surface area contributed by atoms with Gasteiger partial charge in [-0.1, -0.05) is 35.8 Å². The van der Waals surface area contributed by atoms with Gasteiger partial charge in [-0.05, 0) is 12.1 Å². The fourth-order valence-corrected chi connectivity index (χ4v) is 1.56. The van der Waals surface area contributed by atoms with Crippen molar-refractivity contribution in [1.29, 1.82) is 0 Å². The molecule has 0 aromatic heterocycles. The molecular formula is C11H15BrFNO. The molecule has 0 saturated heterocycles. The SMILES string of the molecule is CC(C)NCC(O)c1ccc(Br)cc1F. The summed E-state index contributed by atoms with van der Waals surface area (Å²) in [5, 5.41) is 12.8. The topological polar surface area (TPSA) is 32.3 Å². The molecule has 15 heavy (non-hydrogen) atoms. The Morgan fingerprint density at radius 1 is 1.47 bits per heavy atom. The first-order valence-electron chi connectivity index (χ1n) is 4.87. The summed E-state index contributed by atoms with van der Waals surface area (Å²) in [7, 11) is 0. The second-order valence-corrected chi connectivity index (χ2v) is 4.66. The Balaban J connectivity index is 2.69. The Kier molecular flexibility index (Phi) is 4.70. The quantitative estimate of drug-likeness (QED) is 0.886. The summed E-state index contributed by atoms with van der Waals surface area (Å²) in [6, 6.07) is 4.94. The fraction of sp³-hybridized carbons (Fsp3) is 0.455. The molecule has 1 atom stereocenters. The zero-order valence-electron chi connectivity index (χ0n) is 8.80. The first-order chi connectivity index (χ1) is 7.00. The third-order valence-corrected chi connectivity index (χ3v) is 2.53. The molecule has 1 aromatic rings. The van der Waals surface area contributed by atoms with Crippen molar-refractivity contribution >= 4 is 15.9 Å². The molecule has 1 rings (SSSR count). The van der Waals surface area contributed by atoms with Gasteiger partial charge in [0, 0.05) is 22.6 Å². The van der Waals surface area contributed by atoms with Crippen LogP contribution in [0.25, 0.3) is 0 Å². The van der Waals surface area contributed by atoms with E-state index >= 15 is 0 Å². The van der Waals surface area contributed by atoms with Gasteiger partial charge in [-0.25, -0.2) is 4.39 Å². The predicted octanol–water partition coefficient (Wildman–Crippen LogP) is 2.62. The highest BCUT2D eigenvalue weighted by atomic mass is 79.9. The monoisotopic (exact) mass is 275 g/mol. The standard InChI is InChI=1S/C11H15BrFNO/c1-7(2)14-6-11(15)9-4-3-8(12)5-10(9)13/h3-5,7,11,14-15H,6H2,1-2H3. The highest BCUT2D eigenvalue weighted by Gasteiger charge is 2.12. The van der Waals surface area contributed by atoms with Crippen LogP contribution in [-0.4, -0.2) is 17.7 Å². The number of benzene rings is 1. The lowest BCUT2D eigenvalue weighted by Gasteiger charge is -2.15. The van der Waals surface area contributed by atoms with Gasteiger partial charge >= 0.3 is 0 Å². The van der Waals surface area contributed by atoms with Crippen LogP contribution in [0.2, 0.25) is 0 Å². The van der Waals surface area contributed by atoms with Crippen LogP contribution < -0.4 is 5.32 Å². The molecular weight excluding hydrogens is 261 g/mol. The number of aliphatic hydroxyl groups excluding tert-OH is 1. The van der Waals surface area contributed by atoms with Crippen molar-refractivity contribution in [3.05, 3.63) is 34.1 Å². The lowest BCUT2D eigenvalue weighted by Crippen LogP contribution is -2.28. The van der Waals surface area contributed by atoms with Crippen LogP contribution in [-0.2, 0) is 0 Å². The number of rotatable bonds is 4. The Morgan fingerprint density at radius 2 is 2.13 bits per heavy atom. The molecule has 1 unspecified atom stereocenters. The zero-order chi connectivity index (χ0) is 11.4. The molecule has 1 aromatic carbocycles. The molecule has 0 amide bonds. The van der Waals surface area contributed by atoms with E-state index in [4.69, 9.17) is 0 Å². The minimum atomic E-state index is -0.805. The maximum absolute atomic E-state index is 13.4. The molecule has 0 fully saturated rings. The number of aliphatic hydroxyl groups is 1. The molecule has 0 bridgehead atoms. The van der Waals surface area contributed by atoms with Crippen LogP contribution in [0.15, 0.2) is 22.7 Å². The summed E-state index contributed by atoms with van der Waals surface area (Å²) in [4.78, 5) is 0. The predicted molar refractivity (Wildman–Crippen MR) is 62.2 cm³/mol. The normalized spacial score (nSPS) is 13.2. The maximum atomic E-state index is 13.4. The number of hydrogen-bond donors (Lipinski definition) is 2. The van der Waals surface area contributed by atoms with Gasteiger partial charge < -0.3 is 10.4 Å². The average molecular weight is 276 g/mol. The minimum Gasteiger partial charge on any atom is -0.387 e.